The average molecular weight is 274 g/mol. The van der Waals surface area contributed by atoms with E-state index in [4.69, 9.17) is 0 Å². The minimum Gasteiger partial charge on any atom is -0.303 e. The second kappa shape index (κ2) is 6.31. The van der Waals surface area contributed by atoms with Gasteiger partial charge in [-0.1, -0.05) is 6.92 Å². The van der Waals surface area contributed by atoms with Gasteiger partial charge in [-0.25, -0.2) is 0 Å². The van der Waals surface area contributed by atoms with Crippen LogP contribution in [-0.2, 0) is 0 Å². The van der Waals surface area contributed by atoms with Gasteiger partial charge in [0.15, 0.2) is 0 Å². The maximum absolute atomic E-state index is 4.09. The highest BCUT2D eigenvalue weighted by molar-refractivity contribution is 7.12. The minimum atomic E-state index is 0.378. The van der Waals surface area contributed by atoms with E-state index in [1.165, 1.54) is 20.9 Å². The van der Waals surface area contributed by atoms with Gasteiger partial charge in [0.25, 0.3) is 0 Å². The lowest BCUT2D eigenvalue weighted by Gasteiger charge is -2.23. The predicted octanol–water partition coefficient (Wildman–Crippen LogP) is 4.56. The predicted molar refractivity (Wildman–Crippen MR) is 82.6 cm³/mol. The molecular formula is C16H22N2S. The summed E-state index contributed by atoms with van der Waals surface area (Å²) in [6.45, 7) is 8.85. The van der Waals surface area contributed by atoms with Crippen molar-refractivity contribution in [1.82, 2.24) is 10.3 Å². The monoisotopic (exact) mass is 274 g/mol. The number of nitrogens with zero attached hydrogens (tertiary/aromatic N) is 1. The lowest BCUT2D eigenvalue weighted by molar-refractivity contribution is 0.456. The van der Waals surface area contributed by atoms with Gasteiger partial charge < -0.3 is 5.32 Å². The van der Waals surface area contributed by atoms with Crippen LogP contribution < -0.4 is 5.32 Å². The van der Waals surface area contributed by atoms with Crippen LogP contribution in [-0.4, -0.2) is 4.98 Å². The third-order valence-corrected chi connectivity index (χ3v) is 4.50. The second-order valence-electron chi connectivity index (χ2n) is 5.00. The van der Waals surface area contributed by atoms with Crippen LogP contribution in [0.5, 0.6) is 0 Å². The zero-order chi connectivity index (χ0) is 13.8. The van der Waals surface area contributed by atoms with E-state index in [1.54, 1.807) is 0 Å². The van der Waals surface area contributed by atoms with Gasteiger partial charge in [-0.2, -0.15) is 0 Å². The van der Waals surface area contributed by atoms with E-state index in [0.717, 1.165) is 6.42 Å². The zero-order valence-corrected chi connectivity index (χ0v) is 12.9. The average Bonchev–Trinajstić information content (AvgIpc) is 2.76. The first kappa shape index (κ1) is 14.2. The van der Waals surface area contributed by atoms with Crippen LogP contribution in [0.3, 0.4) is 0 Å². The Morgan fingerprint density at radius 2 is 1.95 bits per heavy atom. The fourth-order valence-corrected chi connectivity index (χ4v) is 3.54. The largest absolute Gasteiger partial charge is 0.303 e. The fraction of sp³-hybridized carbons (Fsp3) is 0.438. The summed E-state index contributed by atoms with van der Waals surface area (Å²) in [4.78, 5) is 6.90. The molecule has 0 aliphatic rings. The lowest BCUT2D eigenvalue weighted by atomic mass is 10.0. The van der Waals surface area contributed by atoms with E-state index in [0.29, 0.717) is 12.1 Å². The summed E-state index contributed by atoms with van der Waals surface area (Å²) in [5.74, 6) is 0. The molecule has 0 bridgehead atoms. The molecule has 0 spiro atoms. The first-order valence-electron chi connectivity index (χ1n) is 6.84. The quantitative estimate of drug-likeness (QED) is 0.864. The smallest absolute Gasteiger partial charge is 0.0324 e. The molecule has 0 amide bonds. The molecule has 0 aliphatic carbocycles. The van der Waals surface area contributed by atoms with Crippen molar-refractivity contribution in [2.45, 2.75) is 46.2 Å². The molecule has 3 heteroatoms. The summed E-state index contributed by atoms with van der Waals surface area (Å²) in [6.07, 6.45) is 4.81. The van der Waals surface area contributed by atoms with E-state index in [1.807, 2.05) is 23.7 Å². The van der Waals surface area contributed by atoms with Crippen LogP contribution in [0.25, 0.3) is 0 Å². The van der Waals surface area contributed by atoms with Gasteiger partial charge >= 0.3 is 0 Å². The Kier molecular flexibility index (Phi) is 4.72. The number of thiophene rings is 1. The Labute approximate surface area is 119 Å². The third kappa shape index (κ3) is 3.43. The molecule has 0 aliphatic heterocycles. The number of pyridine rings is 1. The van der Waals surface area contributed by atoms with Crippen LogP contribution in [0.15, 0.2) is 30.6 Å². The van der Waals surface area contributed by atoms with Crippen molar-refractivity contribution < 1.29 is 0 Å². The summed E-state index contributed by atoms with van der Waals surface area (Å²) < 4.78 is 0. The Morgan fingerprint density at radius 3 is 2.47 bits per heavy atom. The van der Waals surface area contributed by atoms with Crippen LogP contribution >= 0.6 is 11.3 Å². The van der Waals surface area contributed by atoms with Crippen molar-refractivity contribution in [2.24, 2.45) is 0 Å². The third-order valence-electron chi connectivity index (χ3n) is 3.51. The van der Waals surface area contributed by atoms with Crippen molar-refractivity contribution >= 4 is 11.3 Å². The molecule has 0 aromatic carbocycles. The van der Waals surface area contributed by atoms with Gasteiger partial charge in [0, 0.05) is 34.2 Å². The maximum atomic E-state index is 4.09. The highest BCUT2D eigenvalue weighted by atomic mass is 32.1. The zero-order valence-electron chi connectivity index (χ0n) is 12.1. The van der Waals surface area contributed by atoms with Gasteiger partial charge in [-0.05, 0) is 56.5 Å². The molecule has 1 N–H and O–H groups in total. The van der Waals surface area contributed by atoms with Crippen molar-refractivity contribution in [3.05, 3.63) is 51.5 Å². The Bertz CT molecular complexity index is 519. The van der Waals surface area contributed by atoms with Crippen molar-refractivity contribution in [3.63, 3.8) is 0 Å². The maximum Gasteiger partial charge on any atom is 0.0324 e. The van der Waals surface area contributed by atoms with Crippen LogP contribution in [0.4, 0.5) is 0 Å². The molecule has 19 heavy (non-hydrogen) atoms. The molecular weight excluding hydrogens is 252 g/mol. The molecule has 2 atom stereocenters. The molecule has 0 saturated heterocycles. The molecule has 0 fully saturated rings. The Morgan fingerprint density at radius 1 is 1.26 bits per heavy atom. The van der Waals surface area contributed by atoms with Crippen LogP contribution in [0.2, 0.25) is 0 Å². The molecule has 2 unspecified atom stereocenters. The van der Waals surface area contributed by atoms with E-state index in [9.17, 15) is 0 Å². The van der Waals surface area contributed by atoms with Gasteiger partial charge in [0.1, 0.15) is 0 Å². The summed E-state index contributed by atoms with van der Waals surface area (Å²) in [5.41, 5.74) is 2.74. The summed E-state index contributed by atoms with van der Waals surface area (Å²) in [5, 5.41) is 3.73. The van der Waals surface area contributed by atoms with E-state index in [2.05, 4.69) is 56.2 Å². The summed E-state index contributed by atoms with van der Waals surface area (Å²) in [6, 6.07) is 7.26. The van der Waals surface area contributed by atoms with E-state index >= 15 is 0 Å². The van der Waals surface area contributed by atoms with Crippen LogP contribution in [0, 0.1) is 13.8 Å². The molecule has 2 heterocycles. The number of hydrogen-bond donors (Lipinski definition) is 1. The summed E-state index contributed by atoms with van der Waals surface area (Å²) in [7, 11) is 0. The second-order valence-corrected chi connectivity index (χ2v) is 6.46. The molecule has 2 aromatic rings. The van der Waals surface area contributed by atoms with Crippen molar-refractivity contribution in [3.8, 4) is 0 Å². The van der Waals surface area contributed by atoms with Crippen molar-refractivity contribution in [2.75, 3.05) is 0 Å². The number of rotatable bonds is 5. The SMILES string of the molecule is CCC(NC(C)c1cc(C)sc1C)c1ccncc1. The first-order chi connectivity index (χ1) is 9.11. The van der Waals surface area contributed by atoms with E-state index in [-0.39, 0.29) is 0 Å². The van der Waals surface area contributed by atoms with Crippen LogP contribution in [0.1, 0.15) is 53.2 Å². The van der Waals surface area contributed by atoms with E-state index < -0.39 is 0 Å². The van der Waals surface area contributed by atoms with Gasteiger partial charge in [0.2, 0.25) is 0 Å². The number of nitrogens with one attached hydrogen (secondary N) is 1. The Hall–Kier alpha value is -1.19. The normalized spacial score (nSPS) is 14.3. The highest BCUT2D eigenvalue weighted by Gasteiger charge is 2.16. The first-order valence-corrected chi connectivity index (χ1v) is 7.66. The highest BCUT2D eigenvalue weighted by Crippen LogP contribution is 2.28. The van der Waals surface area contributed by atoms with Gasteiger partial charge in [0.05, 0.1) is 0 Å². The number of aromatic nitrogens is 1. The molecule has 2 rings (SSSR count). The summed E-state index contributed by atoms with van der Waals surface area (Å²) >= 11 is 1.88. The minimum absolute atomic E-state index is 0.378. The van der Waals surface area contributed by atoms with Gasteiger partial charge in [-0.3, -0.25) is 4.98 Å². The molecule has 0 saturated carbocycles. The lowest BCUT2D eigenvalue weighted by Crippen LogP contribution is -2.24. The standard InChI is InChI=1S/C16H22N2S/c1-5-16(14-6-8-17-9-7-14)18-12(3)15-10-11(2)19-13(15)4/h6-10,12,16,18H,5H2,1-4H3. The molecule has 102 valence electrons. The number of aryl methyl sites for hydroxylation is 2. The molecule has 2 nitrogen and oxygen atoms in total. The Balaban J connectivity index is 2.13. The molecule has 0 radical (unpaired) electrons. The van der Waals surface area contributed by atoms with Gasteiger partial charge in [-0.15, -0.1) is 11.3 Å². The van der Waals surface area contributed by atoms with Crippen molar-refractivity contribution in [1.29, 1.82) is 0 Å². The fourth-order valence-electron chi connectivity index (χ4n) is 2.52. The topological polar surface area (TPSA) is 24.9 Å². The molecule has 2 aromatic heterocycles. The number of hydrogen-bond acceptors (Lipinski definition) is 3.